The highest BCUT2D eigenvalue weighted by Crippen LogP contribution is 2.27. The Bertz CT molecular complexity index is 994. The molecule has 11 nitrogen and oxygen atoms in total. The van der Waals surface area contributed by atoms with Crippen LogP contribution in [-0.2, 0) is 30.4 Å². The molecule has 1 aromatic rings. The molecule has 5 rings (SSSR count). The predicted octanol–water partition coefficient (Wildman–Crippen LogP) is -1.29. The molecule has 0 saturated carbocycles. The largest absolute Gasteiger partial charge is 0.388 e. The lowest BCUT2D eigenvalue weighted by Crippen LogP contribution is -2.55. The van der Waals surface area contributed by atoms with Crippen molar-refractivity contribution in [2.24, 2.45) is 0 Å². The van der Waals surface area contributed by atoms with Crippen molar-refractivity contribution in [1.29, 1.82) is 0 Å². The second-order valence-electron chi connectivity index (χ2n) is 10.5. The lowest BCUT2D eigenvalue weighted by atomic mass is 10.0. The second kappa shape index (κ2) is 11.0. The van der Waals surface area contributed by atoms with Crippen LogP contribution in [0, 0.1) is 0 Å². The molecule has 6 bridgehead atoms. The van der Waals surface area contributed by atoms with Crippen LogP contribution in [0.2, 0.25) is 0 Å². The molecule has 1 aromatic carbocycles. The molecule has 0 spiro atoms. The van der Waals surface area contributed by atoms with Gasteiger partial charge in [0.25, 0.3) is 0 Å². The molecule has 4 saturated heterocycles. The van der Waals surface area contributed by atoms with Gasteiger partial charge in [0.15, 0.2) is 0 Å². The Kier molecular flexibility index (Phi) is 7.77. The first-order valence-corrected chi connectivity index (χ1v) is 13.0. The van der Waals surface area contributed by atoms with Crippen LogP contribution in [0.15, 0.2) is 30.3 Å². The fraction of sp³-hybridized carbons (Fsp3) is 0.654. The van der Waals surface area contributed by atoms with Crippen LogP contribution in [-0.4, -0.2) is 125 Å². The molecule has 7 atom stereocenters. The molecule has 4 heterocycles. The first kappa shape index (κ1) is 26.1. The lowest BCUT2D eigenvalue weighted by Gasteiger charge is -2.38. The number of rotatable bonds is 2. The van der Waals surface area contributed by atoms with Crippen LogP contribution >= 0.6 is 0 Å². The maximum Gasteiger partial charge on any atom is 0.240 e. The highest BCUT2D eigenvalue weighted by molar-refractivity contribution is 5.83. The molecule has 3 amide bonds. The summed E-state index contributed by atoms with van der Waals surface area (Å²) in [5, 5.41) is 24.2. The third-order valence-corrected chi connectivity index (χ3v) is 7.85. The Morgan fingerprint density at radius 3 is 2.57 bits per heavy atom. The summed E-state index contributed by atoms with van der Waals surface area (Å²) >= 11 is 0. The van der Waals surface area contributed by atoms with Crippen LogP contribution in [0.5, 0.6) is 0 Å². The van der Waals surface area contributed by atoms with Crippen molar-refractivity contribution in [3.8, 4) is 0 Å². The summed E-state index contributed by atoms with van der Waals surface area (Å²) in [7, 11) is 0. The van der Waals surface area contributed by atoms with Crippen LogP contribution in [0.25, 0.3) is 0 Å². The molecule has 11 heteroatoms. The molecule has 4 aliphatic heterocycles. The fourth-order valence-electron chi connectivity index (χ4n) is 5.91. The van der Waals surface area contributed by atoms with Crippen molar-refractivity contribution >= 4 is 17.7 Å². The van der Waals surface area contributed by atoms with Crippen molar-refractivity contribution < 1.29 is 34.1 Å². The van der Waals surface area contributed by atoms with Crippen LogP contribution in [0.3, 0.4) is 0 Å². The number of ether oxygens (including phenoxy) is 2. The number of hydrogen-bond acceptors (Lipinski definition) is 8. The molecular formula is C26H36N4O7. The van der Waals surface area contributed by atoms with E-state index in [1.165, 1.54) is 11.8 Å². The number of hydrogen-bond donors (Lipinski definition) is 3. The van der Waals surface area contributed by atoms with Crippen LogP contribution < -0.4 is 5.32 Å². The van der Waals surface area contributed by atoms with Crippen molar-refractivity contribution in [2.45, 2.75) is 68.9 Å². The van der Waals surface area contributed by atoms with Gasteiger partial charge < -0.3 is 34.8 Å². The van der Waals surface area contributed by atoms with Crippen molar-refractivity contribution in [1.82, 2.24) is 20.0 Å². The van der Waals surface area contributed by atoms with Gasteiger partial charge in [0.1, 0.15) is 18.3 Å². The van der Waals surface area contributed by atoms with E-state index in [0.717, 1.165) is 5.56 Å². The summed E-state index contributed by atoms with van der Waals surface area (Å²) in [6.45, 7) is 3.96. The quantitative estimate of drug-likeness (QED) is 0.443. The smallest absolute Gasteiger partial charge is 0.240 e. The number of nitrogens with one attached hydrogen (secondary N) is 1. The maximum absolute atomic E-state index is 13.8. The van der Waals surface area contributed by atoms with E-state index >= 15 is 0 Å². The Morgan fingerprint density at radius 1 is 1.05 bits per heavy atom. The molecule has 0 unspecified atom stereocenters. The molecule has 37 heavy (non-hydrogen) atoms. The highest BCUT2D eigenvalue weighted by atomic mass is 16.5. The minimum Gasteiger partial charge on any atom is -0.388 e. The zero-order valence-corrected chi connectivity index (χ0v) is 21.1. The fourth-order valence-corrected chi connectivity index (χ4v) is 5.91. The van der Waals surface area contributed by atoms with Gasteiger partial charge in [-0.1, -0.05) is 30.3 Å². The van der Waals surface area contributed by atoms with E-state index in [9.17, 15) is 24.6 Å². The van der Waals surface area contributed by atoms with E-state index in [1.54, 1.807) is 4.90 Å². The van der Waals surface area contributed by atoms with Gasteiger partial charge in [0.05, 0.1) is 31.3 Å². The Balaban J connectivity index is 1.40. The number of aliphatic hydroxyl groups is 2. The average Bonchev–Trinajstić information content (AvgIpc) is 3.38. The van der Waals surface area contributed by atoms with E-state index in [0.29, 0.717) is 39.2 Å². The molecule has 4 fully saturated rings. The topological polar surface area (TPSA) is 132 Å². The molecule has 202 valence electrons. The summed E-state index contributed by atoms with van der Waals surface area (Å²) < 4.78 is 11.8. The minimum atomic E-state index is -1.24. The predicted molar refractivity (Wildman–Crippen MR) is 131 cm³/mol. The normalized spacial score (nSPS) is 35.5. The highest BCUT2D eigenvalue weighted by Gasteiger charge is 2.46. The summed E-state index contributed by atoms with van der Waals surface area (Å²) in [4.78, 5) is 44.5. The Hall–Kier alpha value is -2.57. The van der Waals surface area contributed by atoms with Gasteiger partial charge in [0.2, 0.25) is 17.7 Å². The monoisotopic (exact) mass is 516 g/mol. The van der Waals surface area contributed by atoms with Gasteiger partial charge in [-0.15, -0.1) is 0 Å². The van der Waals surface area contributed by atoms with Crippen LogP contribution in [0.4, 0.5) is 0 Å². The number of fused-ring (bicyclic) bond motifs is 6. The van der Waals surface area contributed by atoms with Crippen molar-refractivity contribution in [3.05, 3.63) is 35.9 Å². The van der Waals surface area contributed by atoms with E-state index < -0.39 is 30.5 Å². The summed E-state index contributed by atoms with van der Waals surface area (Å²) in [5.41, 5.74) is 1.08. The number of morpholine rings is 1. The third-order valence-electron chi connectivity index (χ3n) is 7.85. The molecule has 0 aromatic heterocycles. The number of benzene rings is 1. The van der Waals surface area contributed by atoms with Gasteiger partial charge in [-0.2, -0.15) is 0 Å². The van der Waals surface area contributed by atoms with E-state index in [1.807, 2.05) is 30.3 Å². The lowest BCUT2D eigenvalue weighted by molar-refractivity contribution is -0.146. The van der Waals surface area contributed by atoms with Crippen molar-refractivity contribution in [3.63, 3.8) is 0 Å². The number of carbonyl (C=O) groups is 3. The van der Waals surface area contributed by atoms with E-state index in [-0.39, 0.29) is 49.4 Å². The van der Waals surface area contributed by atoms with Crippen LogP contribution in [0.1, 0.15) is 25.3 Å². The first-order chi connectivity index (χ1) is 17.8. The second-order valence-corrected chi connectivity index (χ2v) is 10.5. The summed E-state index contributed by atoms with van der Waals surface area (Å²) in [6, 6.07) is 9.28. The Morgan fingerprint density at radius 2 is 1.81 bits per heavy atom. The zero-order valence-electron chi connectivity index (χ0n) is 21.1. The zero-order chi connectivity index (χ0) is 26.1. The summed E-state index contributed by atoms with van der Waals surface area (Å²) in [6.07, 6.45) is -4.22. The van der Waals surface area contributed by atoms with E-state index in [4.69, 9.17) is 9.47 Å². The number of aliphatic hydroxyl groups excluding tert-OH is 2. The van der Waals surface area contributed by atoms with Gasteiger partial charge in [-0.3, -0.25) is 19.3 Å². The maximum atomic E-state index is 13.8. The number of carbonyl (C=O) groups excluding carboxylic acids is 3. The number of nitrogens with zero attached hydrogens (tertiary/aromatic N) is 3. The summed E-state index contributed by atoms with van der Waals surface area (Å²) in [5.74, 6) is -0.541. The SMILES string of the molecule is CC(=O)N1C[C@@H]2CN(CCO2)C(=O)[C@@H]2C[C@@H](CN2Cc2ccccc2)NC(=O)C[C@@H]2O[C@H](C1)[C@@H](O)[C@H]2O. The molecule has 3 N–H and O–H groups in total. The van der Waals surface area contributed by atoms with Gasteiger partial charge in [-0.05, 0) is 12.0 Å². The van der Waals surface area contributed by atoms with Crippen molar-refractivity contribution in [2.75, 3.05) is 39.3 Å². The van der Waals surface area contributed by atoms with Gasteiger partial charge >= 0.3 is 0 Å². The molecule has 0 aliphatic carbocycles. The number of likely N-dealkylation sites (tertiary alicyclic amines) is 1. The third kappa shape index (κ3) is 5.80. The Labute approximate surface area is 216 Å². The first-order valence-electron chi connectivity index (χ1n) is 13.0. The minimum absolute atomic E-state index is 0.00306. The number of amides is 3. The molecule has 4 aliphatic rings. The molecule has 0 radical (unpaired) electrons. The van der Waals surface area contributed by atoms with E-state index in [2.05, 4.69) is 10.2 Å². The molecular weight excluding hydrogens is 480 g/mol. The van der Waals surface area contributed by atoms with Gasteiger partial charge in [0, 0.05) is 52.2 Å². The average molecular weight is 517 g/mol. The standard InChI is InChI=1S/C26H36N4O7/c1-16(31)29-14-19-13-28(7-8-36-19)26(35)20-9-18(12-30(20)11-17-5-3-2-4-6-17)27-23(32)10-21-24(33)25(34)22(15-29)37-21/h2-6,18-22,24-25,33-34H,7-15H2,1H3,(H,27,32)/t18-,19-,20-,21-,22+,24-,25+/m0/s1. The van der Waals surface area contributed by atoms with Gasteiger partial charge in [-0.25, -0.2) is 0 Å².